The highest BCUT2D eigenvalue weighted by atomic mass is 16.5. The van der Waals surface area contributed by atoms with Crippen molar-refractivity contribution in [2.75, 3.05) is 5.73 Å². The Hall–Kier alpha value is -2.24. The molecule has 2 aromatic rings. The SMILES string of the molecule is CCc1cc(COC(=O)c2cc(N)cn2CC)n(C)n1. The summed E-state index contributed by atoms with van der Waals surface area (Å²) in [5.41, 5.74) is 8.60. The number of nitrogens with two attached hydrogens (primary N) is 1. The molecule has 6 heteroatoms. The van der Waals surface area contributed by atoms with Crippen molar-refractivity contribution >= 4 is 11.7 Å². The van der Waals surface area contributed by atoms with Crippen LogP contribution >= 0.6 is 0 Å². The van der Waals surface area contributed by atoms with Crippen LogP contribution in [0.25, 0.3) is 0 Å². The van der Waals surface area contributed by atoms with Crippen LogP contribution in [0.1, 0.15) is 35.7 Å². The quantitative estimate of drug-likeness (QED) is 0.844. The minimum atomic E-state index is -0.372. The number of hydrogen-bond donors (Lipinski definition) is 1. The van der Waals surface area contributed by atoms with Crippen LogP contribution in [-0.2, 0) is 31.4 Å². The molecule has 2 heterocycles. The number of hydrogen-bond acceptors (Lipinski definition) is 4. The summed E-state index contributed by atoms with van der Waals surface area (Å²) in [5.74, 6) is -0.372. The normalized spacial score (nSPS) is 10.8. The van der Waals surface area contributed by atoms with E-state index in [1.807, 2.05) is 27.0 Å². The molecule has 0 spiro atoms. The van der Waals surface area contributed by atoms with Crippen molar-refractivity contribution in [3.05, 3.63) is 35.4 Å². The minimum absolute atomic E-state index is 0.205. The molecule has 0 radical (unpaired) electrons. The summed E-state index contributed by atoms with van der Waals surface area (Å²) in [6, 6.07) is 3.58. The van der Waals surface area contributed by atoms with E-state index < -0.39 is 0 Å². The Bertz CT molecular complexity index is 613. The van der Waals surface area contributed by atoms with Crippen LogP contribution in [-0.4, -0.2) is 20.3 Å². The Balaban J connectivity index is 2.06. The van der Waals surface area contributed by atoms with Crippen LogP contribution in [0.3, 0.4) is 0 Å². The summed E-state index contributed by atoms with van der Waals surface area (Å²) in [7, 11) is 1.84. The van der Waals surface area contributed by atoms with Gasteiger partial charge < -0.3 is 15.0 Å². The van der Waals surface area contributed by atoms with E-state index in [0.717, 1.165) is 17.8 Å². The molecule has 2 N–H and O–H groups in total. The molecule has 0 aromatic carbocycles. The van der Waals surface area contributed by atoms with Crippen LogP contribution in [0.4, 0.5) is 5.69 Å². The smallest absolute Gasteiger partial charge is 0.355 e. The van der Waals surface area contributed by atoms with Gasteiger partial charge in [0.2, 0.25) is 0 Å². The van der Waals surface area contributed by atoms with E-state index >= 15 is 0 Å². The summed E-state index contributed by atoms with van der Waals surface area (Å²) in [6.45, 7) is 4.87. The highest BCUT2D eigenvalue weighted by Gasteiger charge is 2.14. The highest BCUT2D eigenvalue weighted by Crippen LogP contribution is 2.13. The number of aromatic nitrogens is 3. The predicted octanol–water partition coefficient (Wildman–Crippen LogP) is 1.74. The van der Waals surface area contributed by atoms with Crippen LogP contribution in [0.5, 0.6) is 0 Å². The molecule has 2 aromatic heterocycles. The third kappa shape index (κ3) is 2.84. The maximum atomic E-state index is 12.1. The van der Waals surface area contributed by atoms with Gasteiger partial charge in [0.25, 0.3) is 0 Å². The van der Waals surface area contributed by atoms with Crippen LogP contribution in [0.15, 0.2) is 18.3 Å². The monoisotopic (exact) mass is 276 g/mol. The van der Waals surface area contributed by atoms with Gasteiger partial charge in [-0.15, -0.1) is 0 Å². The van der Waals surface area contributed by atoms with Gasteiger partial charge in [-0.25, -0.2) is 4.79 Å². The fourth-order valence-corrected chi connectivity index (χ4v) is 2.06. The second-order valence-electron chi connectivity index (χ2n) is 4.62. The number of rotatable bonds is 5. The van der Waals surface area contributed by atoms with Gasteiger partial charge in [-0.2, -0.15) is 5.10 Å². The fourth-order valence-electron chi connectivity index (χ4n) is 2.06. The lowest BCUT2D eigenvalue weighted by molar-refractivity contribution is 0.0451. The van der Waals surface area contributed by atoms with E-state index in [-0.39, 0.29) is 12.6 Å². The molecular weight excluding hydrogens is 256 g/mol. The number of nitrogen functional groups attached to an aromatic ring is 1. The predicted molar refractivity (Wildman–Crippen MR) is 76.2 cm³/mol. The average molecular weight is 276 g/mol. The first-order valence-corrected chi connectivity index (χ1v) is 6.69. The lowest BCUT2D eigenvalue weighted by Crippen LogP contribution is -2.12. The van der Waals surface area contributed by atoms with Crippen LogP contribution in [0.2, 0.25) is 0 Å². The van der Waals surface area contributed by atoms with Crippen molar-refractivity contribution in [2.45, 2.75) is 33.4 Å². The first-order chi connectivity index (χ1) is 9.55. The lowest BCUT2D eigenvalue weighted by Gasteiger charge is -2.07. The molecule has 2 rings (SSSR count). The van der Waals surface area contributed by atoms with Crippen molar-refractivity contribution in [2.24, 2.45) is 7.05 Å². The maximum absolute atomic E-state index is 12.1. The molecule has 0 fully saturated rings. The number of nitrogens with zero attached hydrogens (tertiary/aromatic N) is 3. The summed E-state index contributed by atoms with van der Waals surface area (Å²) >= 11 is 0. The number of carbonyl (C=O) groups is 1. The standard InChI is InChI=1S/C14H20N4O2/c1-4-11-7-12(17(3)16-11)9-20-14(19)13-6-10(15)8-18(13)5-2/h6-8H,4-5,9,15H2,1-3H3. The zero-order valence-electron chi connectivity index (χ0n) is 12.1. The molecule has 0 atom stereocenters. The van der Waals surface area contributed by atoms with E-state index in [9.17, 15) is 4.79 Å². The fraction of sp³-hybridized carbons (Fsp3) is 0.429. The van der Waals surface area contributed by atoms with Gasteiger partial charge >= 0.3 is 5.97 Å². The molecule has 108 valence electrons. The largest absolute Gasteiger partial charge is 0.455 e. The topological polar surface area (TPSA) is 75.1 Å². The van der Waals surface area contributed by atoms with Gasteiger partial charge in [-0.05, 0) is 25.5 Å². The molecule has 0 unspecified atom stereocenters. The van der Waals surface area contributed by atoms with Crippen molar-refractivity contribution < 1.29 is 9.53 Å². The molecule has 20 heavy (non-hydrogen) atoms. The second kappa shape index (κ2) is 5.81. The Morgan fingerprint density at radius 1 is 1.40 bits per heavy atom. The molecule has 0 aliphatic rings. The van der Waals surface area contributed by atoms with Crippen molar-refractivity contribution in [1.82, 2.24) is 14.3 Å². The number of ether oxygens (including phenoxy) is 1. The van der Waals surface area contributed by atoms with Gasteiger partial charge in [0.05, 0.1) is 17.1 Å². The zero-order chi connectivity index (χ0) is 14.7. The van der Waals surface area contributed by atoms with Gasteiger partial charge in [-0.3, -0.25) is 4.68 Å². The zero-order valence-corrected chi connectivity index (χ0v) is 12.1. The summed E-state index contributed by atoms with van der Waals surface area (Å²) in [4.78, 5) is 12.1. The van der Waals surface area contributed by atoms with Crippen molar-refractivity contribution in [3.8, 4) is 0 Å². The Labute approximate surface area is 118 Å². The molecular formula is C14H20N4O2. The second-order valence-corrected chi connectivity index (χ2v) is 4.62. The highest BCUT2D eigenvalue weighted by molar-refractivity contribution is 5.89. The molecule has 0 aliphatic heterocycles. The van der Waals surface area contributed by atoms with E-state index in [4.69, 9.17) is 10.5 Å². The third-order valence-corrected chi connectivity index (χ3v) is 3.21. The molecule has 0 aliphatic carbocycles. The molecule has 0 amide bonds. The summed E-state index contributed by atoms with van der Waals surface area (Å²) in [5, 5.41) is 4.32. The minimum Gasteiger partial charge on any atom is -0.455 e. The van der Waals surface area contributed by atoms with Gasteiger partial charge in [0, 0.05) is 19.8 Å². The first-order valence-electron chi connectivity index (χ1n) is 6.69. The van der Waals surface area contributed by atoms with E-state index in [1.165, 1.54) is 0 Å². The van der Waals surface area contributed by atoms with E-state index in [1.54, 1.807) is 21.5 Å². The number of aryl methyl sites for hydroxylation is 3. The van der Waals surface area contributed by atoms with Crippen LogP contribution < -0.4 is 5.73 Å². The molecule has 0 bridgehead atoms. The van der Waals surface area contributed by atoms with Gasteiger partial charge in [0.15, 0.2) is 0 Å². The lowest BCUT2D eigenvalue weighted by atomic mass is 10.3. The van der Waals surface area contributed by atoms with Gasteiger partial charge in [0.1, 0.15) is 12.3 Å². The van der Waals surface area contributed by atoms with Crippen LogP contribution in [0, 0.1) is 0 Å². The van der Waals surface area contributed by atoms with Gasteiger partial charge in [-0.1, -0.05) is 6.92 Å². The summed E-state index contributed by atoms with van der Waals surface area (Å²) in [6.07, 6.45) is 2.59. The number of carbonyl (C=O) groups excluding carboxylic acids is 1. The molecule has 0 saturated carbocycles. The Kier molecular flexibility index (Phi) is 4.12. The van der Waals surface area contributed by atoms with Crippen molar-refractivity contribution in [3.63, 3.8) is 0 Å². The summed E-state index contributed by atoms with van der Waals surface area (Å²) < 4.78 is 8.84. The third-order valence-electron chi connectivity index (χ3n) is 3.21. The Morgan fingerprint density at radius 3 is 2.75 bits per heavy atom. The molecule has 0 saturated heterocycles. The first kappa shape index (κ1) is 14.2. The van der Waals surface area contributed by atoms with E-state index in [2.05, 4.69) is 5.10 Å². The number of esters is 1. The maximum Gasteiger partial charge on any atom is 0.355 e. The molecule has 6 nitrogen and oxygen atoms in total. The Morgan fingerprint density at radius 2 is 2.15 bits per heavy atom. The van der Waals surface area contributed by atoms with E-state index in [0.29, 0.717) is 17.9 Å². The van der Waals surface area contributed by atoms with Crippen molar-refractivity contribution in [1.29, 1.82) is 0 Å². The average Bonchev–Trinajstić information content (AvgIpc) is 2.98. The number of anilines is 1.